The molecule has 1 unspecified atom stereocenters. The first-order valence-corrected chi connectivity index (χ1v) is 7.05. The van der Waals surface area contributed by atoms with Crippen LogP contribution in [0.2, 0.25) is 0 Å². The van der Waals surface area contributed by atoms with E-state index in [4.69, 9.17) is 0 Å². The average Bonchev–Trinajstić information content (AvgIpc) is 2.35. The second-order valence-electron chi connectivity index (χ2n) is 4.94. The minimum absolute atomic E-state index is 0.101. The van der Waals surface area contributed by atoms with Crippen LogP contribution in [-0.4, -0.2) is 17.3 Å². The summed E-state index contributed by atoms with van der Waals surface area (Å²) in [7, 11) is 0. The molecule has 0 aromatic heterocycles. The second kappa shape index (κ2) is 9.98. The van der Waals surface area contributed by atoms with Crippen molar-refractivity contribution < 1.29 is 14.4 Å². The molecule has 0 aromatic rings. The molecule has 0 aliphatic rings. The summed E-state index contributed by atoms with van der Waals surface area (Å²) in [4.78, 5) is 34.3. The fraction of sp³-hybridized carbons (Fsp3) is 0.800. The van der Waals surface area contributed by atoms with Crippen molar-refractivity contribution in [3.05, 3.63) is 0 Å². The van der Waals surface area contributed by atoms with Crippen molar-refractivity contribution in [3.8, 4) is 0 Å². The fourth-order valence-electron chi connectivity index (χ4n) is 1.91. The van der Waals surface area contributed by atoms with Crippen LogP contribution in [0.25, 0.3) is 0 Å². The van der Waals surface area contributed by atoms with E-state index in [0.29, 0.717) is 38.5 Å². The van der Waals surface area contributed by atoms with E-state index in [2.05, 4.69) is 6.92 Å². The Morgan fingerprint density at radius 3 is 2.06 bits per heavy atom. The molecule has 0 saturated carbocycles. The standard InChI is InChI=1S/C15H26O3/c1-4-6-7-15(18)13(9-8-12(3)16)10-11-14(17)5-2/h13H,4-11H2,1-3H3. The van der Waals surface area contributed by atoms with Gasteiger partial charge in [0.1, 0.15) is 17.3 Å². The Bertz CT molecular complexity index is 281. The van der Waals surface area contributed by atoms with Crippen molar-refractivity contribution in [2.75, 3.05) is 0 Å². The number of unbranched alkanes of at least 4 members (excludes halogenated alkanes) is 1. The normalized spacial score (nSPS) is 12.2. The molecule has 0 spiro atoms. The van der Waals surface area contributed by atoms with Crippen molar-refractivity contribution in [1.29, 1.82) is 0 Å². The number of carbonyl (C=O) groups excluding carboxylic acids is 3. The summed E-state index contributed by atoms with van der Waals surface area (Å²) in [5.74, 6) is 0.439. The Morgan fingerprint density at radius 1 is 0.944 bits per heavy atom. The van der Waals surface area contributed by atoms with E-state index in [1.807, 2.05) is 6.92 Å². The van der Waals surface area contributed by atoms with E-state index in [-0.39, 0.29) is 23.3 Å². The zero-order valence-electron chi connectivity index (χ0n) is 12.0. The molecule has 3 nitrogen and oxygen atoms in total. The molecule has 0 aliphatic carbocycles. The largest absolute Gasteiger partial charge is 0.300 e. The quantitative estimate of drug-likeness (QED) is 0.567. The van der Waals surface area contributed by atoms with Gasteiger partial charge in [-0.2, -0.15) is 0 Å². The lowest BCUT2D eigenvalue weighted by Crippen LogP contribution is -2.17. The lowest BCUT2D eigenvalue weighted by molar-refractivity contribution is -0.124. The Kier molecular flexibility index (Phi) is 9.43. The van der Waals surface area contributed by atoms with E-state index >= 15 is 0 Å². The van der Waals surface area contributed by atoms with Crippen LogP contribution in [0.3, 0.4) is 0 Å². The molecule has 0 fully saturated rings. The lowest BCUT2D eigenvalue weighted by Gasteiger charge is -2.14. The molecule has 0 amide bonds. The van der Waals surface area contributed by atoms with Gasteiger partial charge in [-0.05, 0) is 26.2 Å². The Balaban J connectivity index is 4.26. The van der Waals surface area contributed by atoms with Gasteiger partial charge in [0.05, 0.1) is 0 Å². The molecule has 0 aliphatic heterocycles. The summed E-state index contributed by atoms with van der Waals surface area (Å²) in [6.07, 6.45) is 5.15. The summed E-state index contributed by atoms with van der Waals surface area (Å²) in [5.41, 5.74) is 0. The molecule has 0 rings (SSSR count). The van der Waals surface area contributed by atoms with Crippen LogP contribution in [0.4, 0.5) is 0 Å². The Hall–Kier alpha value is -0.990. The molecule has 0 bridgehead atoms. The van der Waals surface area contributed by atoms with Crippen molar-refractivity contribution >= 4 is 17.3 Å². The third-order valence-electron chi connectivity index (χ3n) is 3.24. The third kappa shape index (κ3) is 8.15. The van der Waals surface area contributed by atoms with Crippen molar-refractivity contribution in [3.63, 3.8) is 0 Å². The van der Waals surface area contributed by atoms with Crippen LogP contribution >= 0.6 is 0 Å². The van der Waals surface area contributed by atoms with Gasteiger partial charge in [-0.15, -0.1) is 0 Å². The topological polar surface area (TPSA) is 51.2 Å². The van der Waals surface area contributed by atoms with E-state index in [1.54, 1.807) is 6.92 Å². The van der Waals surface area contributed by atoms with Crippen LogP contribution in [0.1, 0.15) is 72.1 Å². The van der Waals surface area contributed by atoms with Crippen LogP contribution < -0.4 is 0 Å². The van der Waals surface area contributed by atoms with Gasteiger partial charge in [0.25, 0.3) is 0 Å². The Labute approximate surface area is 110 Å². The highest BCUT2D eigenvalue weighted by molar-refractivity contribution is 5.83. The molecule has 1 atom stereocenters. The van der Waals surface area contributed by atoms with Crippen molar-refractivity contribution in [1.82, 2.24) is 0 Å². The van der Waals surface area contributed by atoms with Crippen LogP contribution in [0.5, 0.6) is 0 Å². The highest BCUT2D eigenvalue weighted by Crippen LogP contribution is 2.19. The number of hydrogen-bond donors (Lipinski definition) is 0. The summed E-state index contributed by atoms with van der Waals surface area (Å²) < 4.78 is 0. The van der Waals surface area contributed by atoms with E-state index in [0.717, 1.165) is 12.8 Å². The van der Waals surface area contributed by atoms with Crippen molar-refractivity contribution in [2.24, 2.45) is 5.92 Å². The van der Waals surface area contributed by atoms with Crippen LogP contribution in [-0.2, 0) is 14.4 Å². The van der Waals surface area contributed by atoms with Gasteiger partial charge in [0.2, 0.25) is 0 Å². The summed E-state index contributed by atoms with van der Waals surface area (Å²) in [6.45, 7) is 5.44. The number of rotatable bonds is 11. The van der Waals surface area contributed by atoms with Crippen LogP contribution in [0, 0.1) is 5.92 Å². The second-order valence-corrected chi connectivity index (χ2v) is 4.94. The number of Topliss-reactive ketones (excluding diaryl/α,β-unsaturated/α-hetero) is 3. The maximum atomic E-state index is 12.0. The van der Waals surface area contributed by atoms with Gasteiger partial charge in [0.15, 0.2) is 0 Å². The first kappa shape index (κ1) is 17.0. The van der Waals surface area contributed by atoms with E-state index < -0.39 is 0 Å². The van der Waals surface area contributed by atoms with Gasteiger partial charge in [-0.1, -0.05) is 20.3 Å². The third-order valence-corrected chi connectivity index (χ3v) is 3.24. The zero-order chi connectivity index (χ0) is 14.0. The molecule has 0 aromatic carbocycles. The molecule has 0 N–H and O–H groups in total. The molecule has 0 heterocycles. The summed E-state index contributed by atoms with van der Waals surface area (Å²) >= 11 is 0. The molecular formula is C15H26O3. The van der Waals surface area contributed by atoms with Gasteiger partial charge in [-0.25, -0.2) is 0 Å². The van der Waals surface area contributed by atoms with E-state index in [9.17, 15) is 14.4 Å². The number of carbonyl (C=O) groups is 3. The fourth-order valence-corrected chi connectivity index (χ4v) is 1.91. The Morgan fingerprint density at radius 2 is 1.56 bits per heavy atom. The minimum atomic E-state index is -0.101. The van der Waals surface area contributed by atoms with Gasteiger partial charge in [-0.3, -0.25) is 9.59 Å². The van der Waals surface area contributed by atoms with E-state index in [1.165, 1.54) is 0 Å². The van der Waals surface area contributed by atoms with Gasteiger partial charge >= 0.3 is 0 Å². The molecule has 18 heavy (non-hydrogen) atoms. The van der Waals surface area contributed by atoms with Gasteiger partial charge in [0, 0.05) is 31.6 Å². The SMILES string of the molecule is CCCCC(=O)C(CCC(C)=O)CCC(=O)CC. The number of ketones is 3. The summed E-state index contributed by atoms with van der Waals surface area (Å²) in [6, 6.07) is 0. The molecule has 3 heteroatoms. The smallest absolute Gasteiger partial charge is 0.136 e. The predicted molar refractivity (Wildman–Crippen MR) is 72.5 cm³/mol. The lowest BCUT2D eigenvalue weighted by atomic mass is 9.89. The first-order valence-electron chi connectivity index (χ1n) is 7.05. The zero-order valence-corrected chi connectivity index (χ0v) is 12.0. The highest BCUT2D eigenvalue weighted by atomic mass is 16.1. The van der Waals surface area contributed by atoms with Crippen molar-refractivity contribution in [2.45, 2.75) is 72.1 Å². The number of hydrogen-bond acceptors (Lipinski definition) is 3. The maximum absolute atomic E-state index is 12.0. The summed E-state index contributed by atoms with van der Waals surface area (Å²) in [5, 5.41) is 0. The monoisotopic (exact) mass is 254 g/mol. The minimum Gasteiger partial charge on any atom is -0.300 e. The highest BCUT2D eigenvalue weighted by Gasteiger charge is 2.19. The average molecular weight is 254 g/mol. The first-order chi connectivity index (χ1) is 8.51. The molecule has 0 saturated heterocycles. The molecule has 104 valence electrons. The maximum Gasteiger partial charge on any atom is 0.136 e. The molecule has 0 radical (unpaired) electrons. The predicted octanol–water partition coefficient (Wildman–Crippen LogP) is 3.49. The molecular weight excluding hydrogens is 228 g/mol. The van der Waals surface area contributed by atoms with Gasteiger partial charge < -0.3 is 4.79 Å². The van der Waals surface area contributed by atoms with Crippen LogP contribution in [0.15, 0.2) is 0 Å².